The third kappa shape index (κ3) is 3.96. The number of anilines is 1. The number of hydrogen-bond donors (Lipinski definition) is 1. The minimum atomic E-state index is -4.99. The molecule has 1 aliphatic heterocycles. The van der Waals surface area contributed by atoms with Crippen molar-refractivity contribution in [3.8, 4) is 0 Å². The molecule has 1 aliphatic carbocycles. The SMILES string of the molecule is O=C1Cc2ccccc2N(C2CCCCC2)C[C@H]1NC(=O)C(F)(F)F. The number of para-hydroxylation sites is 1. The van der Waals surface area contributed by atoms with Gasteiger partial charge in [0.2, 0.25) is 0 Å². The van der Waals surface area contributed by atoms with Crippen LogP contribution in [-0.4, -0.2) is 36.5 Å². The van der Waals surface area contributed by atoms with Crippen LogP contribution in [0, 0.1) is 0 Å². The number of carbonyl (C=O) groups is 2. The summed E-state index contributed by atoms with van der Waals surface area (Å²) in [5.74, 6) is -2.44. The quantitative estimate of drug-likeness (QED) is 0.888. The highest BCUT2D eigenvalue weighted by Gasteiger charge is 2.42. The molecule has 3 rings (SSSR count). The van der Waals surface area contributed by atoms with E-state index in [1.165, 1.54) is 0 Å². The third-order valence-electron chi connectivity index (χ3n) is 5.01. The normalized spacial score (nSPS) is 22.3. The molecule has 1 fully saturated rings. The number of nitrogens with zero attached hydrogens (tertiary/aromatic N) is 1. The smallest absolute Gasteiger partial charge is 0.366 e. The van der Waals surface area contributed by atoms with Crippen molar-refractivity contribution in [1.82, 2.24) is 5.32 Å². The van der Waals surface area contributed by atoms with Gasteiger partial charge in [-0.2, -0.15) is 13.2 Å². The molecule has 1 N–H and O–H groups in total. The molecule has 0 saturated heterocycles. The van der Waals surface area contributed by atoms with Crippen molar-refractivity contribution < 1.29 is 22.8 Å². The minimum absolute atomic E-state index is 0.0300. The average molecular weight is 354 g/mol. The van der Waals surface area contributed by atoms with Crippen LogP contribution in [0.2, 0.25) is 0 Å². The average Bonchev–Trinajstić information content (AvgIpc) is 2.72. The van der Waals surface area contributed by atoms with E-state index < -0.39 is 18.1 Å². The van der Waals surface area contributed by atoms with Gasteiger partial charge in [0.15, 0.2) is 5.78 Å². The molecule has 0 unspecified atom stereocenters. The van der Waals surface area contributed by atoms with Crippen LogP contribution in [0.5, 0.6) is 0 Å². The summed E-state index contributed by atoms with van der Waals surface area (Å²) in [6.07, 6.45) is 0.217. The van der Waals surface area contributed by atoms with E-state index in [4.69, 9.17) is 0 Å². The second-order valence-electron chi connectivity index (χ2n) is 6.74. The number of hydrogen-bond acceptors (Lipinski definition) is 3. The fourth-order valence-corrected chi connectivity index (χ4v) is 3.75. The Kier molecular flexibility index (Phi) is 5.01. The largest absolute Gasteiger partial charge is 0.471 e. The first kappa shape index (κ1) is 17.8. The number of carbonyl (C=O) groups excluding carboxylic acids is 2. The molecule has 2 aliphatic rings. The summed E-state index contributed by atoms with van der Waals surface area (Å²) in [6, 6.07) is 6.46. The van der Waals surface area contributed by atoms with Crippen LogP contribution < -0.4 is 10.2 Å². The Morgan fingerprint density at radius 2 is 1.80 bits per heavy atom. The second kappa shape index (κ2) is 7.06. The number of benzene rings is 1. The van der Waals surface area contributed by atoms with E-state index in [1.807, 2.05) is 34.5 Å². The first-order valence-electron chi connectivity index (χ1n) is 8.61. The van der Waals surface area contributed by atoms with E-state index in [-0.39, 0.29) is 24.8 Å². The summed E-state index contributed by atoms with van der Waals surface area (Å²) >= 11 is 0. The van der Waals surface area contributed by atoms with Crippen molar-refractivity contribution in [2.24, 2.45) is 0 Å². The van der Waals surface area contributed by atoms with Gasteiger partial charge in [0.1, 0.15) is 6.04 Å². The molecule has 25 heavy (non-hydrogen) atoms. The third-order valence-corrected chi connectivity index (χ3v) is 5.01. The standard InChI is InChI=1S/C18H21F3N2O2/c19-18(20,21)17(25)22-14-11-23(13-7-2-1-3-8-13)15-9-5-4-6-12(15)10-16(14)24/h4-6,9,13-14H,1-3,7-8,10-11H2,(H,22,25)/t14-/m1/s1. The van der Waals surface area contributed by atoms with Gasteiger partial charge in [-0.25, -0.2) is 0 Å². The van der Waals surface area contributed by atoms with Crippen LogP contribution in [0.3, 0.4) is 0 Å². The predicted octanol–water partition coefficient (Wildman–Crippen LogP) is 3.00. The van der Waals surface area contributed by atoms with Gasteiger partial charge in [-0.1, -0.05) is 37.5 Å². The first-order chi connectivity index (χ1) is 11.9. The molecule has 0 radical (unpaired) electrons. The number of amides is 1. The van der Waals surface area contributed by atoms with Crippen molar-refractivity contribution in [2.75, 3.05) is 11.4 Å². The Labute approximate surface area is 144 Å². The highest BCUT2D eigenvalue weighted by Crippen LogP contribution is 2.32. The lowest BCUT2D eigenvalue weighted by Crippen LogP contribution is -2.53. The Bertz CT molecular complexity index is 654. The summed E-state index contributed by atoms with van der Waals surface area (Å²) in [5, 5.41) is 1.90. The summed E-state index contributed by atoms with van der Waals surface area (Å²) in [5.41, 5.74) is 1.70. The van der Waals surface area contributed by atoms with Crippen molar-refractivity contribution in [1.29, 1.82) is 0 Å². The van der Waals surface area contributed by atoms with Gasteiger partial charge < -0.3 is 10.2 Å². The zero-order valence-electron chi connectivity index (χ0n) is 13.8. The van der Waals surface area contributed by atoms with Gasteiger partial charge in [0.25, 0.3) is 0 Å². The summed E-state index contributed by atoms with van der Waals surface area (Å²) in [7, 11) is 0. The van der Waals surface area contributed by atoms with Gasteiger partial charge in [-0.15, -0.1) is 0 Å². The highest BCUT2D eigenvalue weighted by molar-refractivity contribution is 5.94. The molecular formula is C18H21F3N2O2. The van der Waals surface area contributed by atoms with E-state index >= 15 is 0 Å². The number of halogens is 3. The molecule has 1 atom stereocenters. The van der Waals surface area contributed by atoms with Gasteiger partial charge in [0.05, 0.1) is 0 Å². The Morgan fingerprint density at radius 3 is 2.48 bits per heavy atom. The lowest BCUT2D eigenvalue weighted by Gasteiger charge is -2.37. The molecule has 1 amide bonds. The molecule has 1 saturated carbocycles. The van der Waals surface area contributed by atoms with E-state index in [0.29, 0.717) is 0 Å². The zero-order chi connectivity index (χ0) is 18.0. The molecule has 1 aromatic rings. The first-order valence-corrected chi connectivity index (χ1v) is 8.61. The second-order valence-corrected chi connectivity index (χ2v) is 6.74. The van der Waals surface area contributed by atoms with Crippen LogP contribution in [0.25, 0.3) is 0 Å². The fraction of sp³-hybridized carbons (Fsp3) is 0.556. The molecule has 1 heterocycles. The van der Waals surface area contributed by atoms with E-state index in [0.717, 1.165) is 43.4 Å². The van der Waals surface area contributed by atoms with Crippen molar-refractivity contribution in [2.45, 2.75) is 56.8 Å². The predicted molar refractivity (Wildman–Crippen MR) is 87.4 cm³/mol. The highest BCUT2D eigenvalue weighted by atomic mass is 19.4. The van der Waals surface area contributed by atoms with Gasteiger partial charge >= 0.3 is 12.1 Å². The maximum Gasteiger partial charge on any atom is 0.471 e. The van der Waals surface area contributed by atoms with Crippen LogP contribution in [0.4, 0.5) is 18.9 Å². The summed E-state index contributed by atoms with van der Waals surface area (Å²) in [6.45, 7) is 0.0856. The number of alkyl halides is 3. The fourth-order valence-electron chi connectivity index (χ4n) is 3.75. The maximum absolute atomic E-state index is 12.6. The number of nitrogens with one attached hydrogen (secondary N) is 1. The lowest BCUT2D eigenvalue weighted by molar-refractivity contribution is -0.174. The van der Waals surface area contributed by atoms with Gasteiger partial charge in [0, 0.05) is 24.7 Å². The number of fused-ring (bicyclic) bond motifs is 1. The molecule has 0 spiro atoms. The Balaban J connectivity index is 1.88. The minimum Gasteiger partial charge on any atom is -0.366 e. The maximum atomic E-state index is 12.6. The van der Waals surface area contributed by atoms with Crippen molar-refractivity contribution in [3.05, 3.63) is 29.8 Å². The summed E-state index contributed by atoms with van der Waals surface area (Å²) in [4.78, 5) is 25.8. The Morgan fingerprint density at radius 1 is 1.12 bits per heavy atom. The molecule has 0 aromatic heterocycles. The van der Waals surface area contributed by atoms with E-state index in [2.05, 4.69) is 0 Å². The van der Waals surface area contributed by atoms with Gasteiger partial charge in [-0.05, 0) is 24.5 Å². The van der Waals surface area contributed by atoms with Crippen molar-refractivity contribution in [3.63, 3.8) is 0 Å². The molecular weight excluding hydrogens is 333 g/mol. The monoisotopic (exact) mass is 354 g/mol. The molecule has 0 bridgehead atoms. The lowest BCUT2D eigenvalue weighted by atomic mass is 9.93. The van der Waals surface area contributed by atoms with Crippen LogP contribution in [0.15, 0.2) is 24.3 Å². The number of rotatable bonds is 2. The number of ketones is 1. The molecule has 4 nitrogen and oxygen atoms in total. The van der Waals surface area contributed by atoms with E-state index in [9.17, 15) is 22.8 Å². The Hall–Kier alpha value is -2.05. The topological polar surface area (TPSA) is 49.4 Å². The number of Topliss-reactive ketones (excluding diaryl/α,β-unsaturated/α-hetero) is 1. The van der Waals surface area contributed by atoms with Crippen LogP contribution >= 0.6 is 0 Å². The van der Waals surface area contributed by atoms with Crippen LogP contribution in [-0.2, 0) is 16.0 Å². The zero-order valence-corrected chi connectivity index (χ0v) is 13.8. The van der Waals surface area contributed by atoms with E-state index in [1.54, 1.807) is 0 Å². The van der Waals surface area contributed by atoms with Crippen molar-refractivity contribution >= 4 is 17.4 Å². The summed E-state index contributed by atoms with van der Waals surface area (Å²) < 4.78 is 37.8. The molecule has 7 heteroatoms. The molecule has 136 valence electrons. The van der Waals surface area contributed by atoms with Crippen LogP contribution in [0.1, 0.15) is 37.7 Å². The molecule has 1 aromatic carbocycles. The van der Waals surface area contributed by atoms with Gasteiger partial charge in [-0.3, -0.25) is 9.59 Å².